The van der Waals surface area contributed by atoms with Crippen LogP contribution in [0.2, 0.25) is 0 Å². The maximum Gasteiger partial charge on any atom is 0.214 e. The standard InChI is InChI=1S/C13H13FN2O/c14-13-8-11(5-6-15-13)16(10-3-4-10)9-12-2-1-7-17-12/h1-2,5-8,10H,3-4,9H2. The van der Waals surface area contributed by atoms with E-state index < -0.39 is 5.95 Å². The Balaban J connectivity index is 1.85. The van der Waals surface area contributed by atoms with E-state index in [1.54, 1.807) is 6.26 Å². The van der Waals surface area contributed by atoms with Crippen LogP contribution in [0.15, 0.2) is 41.1 Å². The maximum absolute atomic E-state index is 13.1. The summed E-state index contributed by atoms with van der Waals surface area (Å²) in [6.45, 7) is 0.682. The van der Waals surface area contributed by atoms with E-state index in [1.165, 1.54) is 12.3 Å². The molecule has 1 saturated carbocycles. The van der Waals surface area contributed by atoms with Crippen molar-refractivity contribution in [3.05, 3.63) is 48.4 Å². The lowest BCUT2D eigenvalue weighted by atomic mass is 10.3. The van der Waals surface area contributed by atoms with Crippen LogP contribution in [0.25, 0.3) is 0 Å². The SMILES string of the molecule is Fc1cc(N(Cc2ccco2)C2CC2)ccn1. The lowest BCUT2D eigenvalue weighted by Crippen LogP contribution is -2.24. The topological polar surface area (TPSA) is 29.3 Å². The van der Waals surface area contributed by atoms with Gasteiger partial charge in [0.25, 0.3) is 0 Å². The lowest BCUT2D eigenvalue weighted by Gasteiger charge is -2.23. The van der Waals surface area contributed by atoms with Gasteiger partial charge in [0.15, 0.2) is 0 Å². The van der Waals surface area contributed by atoms with E-state index in [2.05, 4.69) is 9.88 Å². The number of hydrogen-bond acceptors (Lipinski definition) is 3. The molecule has 0 aromatic carbocycles. The molecule has 2 heterocycles. The van der Waals surface area contributed by atoms with Crippen molar-refractivity contribution in [3.63, 3.8) is 0 Å². The second-order valence-electron chi connectivity index (χ2n) is 4.28. The molecular weight excluding hydrogens is 219 g/mol. The fourth-order valence-electron chi connectivity index (χ4n) is 1.96. The van der Waals surface area contributed by atoms with E-state index in [0.717, 1.165) is 24.3 Å². The first-order chi connectivity index (χ1) is 8.33. The van der Waals surface area contributed by atoms with E-state index in [0.29, 0.717) is 12.6 Å². The van der Waals surface area contributed by atoms with Crippen molar-refractivity contribution in [2.24, 2.45) is 0 Å². The number of anilines is 1. The lowest BCUT2D eigenvalue weighted by molar-refractivity contribution is 0.500. The molecule has 0 bridgehead atoms. The van der Waals surface area contributed by atoms with Crippen LogP contribution in [0, 0.1) is 5.95 Å². The number of halogens is 1. The molecule has 0 spiro atoms. The largest absolute Gasteiger partial charge is 0.467 e. The zero-order chi connectivity index (χ0) is 11.7. The van der Waals surface area contributed by atoms with Gasteiger partial charge in [-0.15, -0.1) is 0 Å². The van der Waals surface area contributed by atoms with Crippen LogP contribution in [0.3, 0.4) is 0 Å². The first-order valence-electron chi connectivity index (χ1n) is 5.73. The fourth-order valence-corrected chi connectivity index (χ4v) is 1.96. The van der Waals surface area contributed by atoms with Crippen LogP contribution < -0.4 is 4.90 Å². The quantitative estimate of drug-likeness (QED) is 0.759. The number of nitrogens with zero attached hydrogens (tertiary/aromatic N) is 2. The second kappa shape index (κ2) is 4.20. The summed E-state index contributed by atoms with van der Waals surface area (Å²) in [7, 11) is 0. The van der Waals surface area contributed by atoms with Gasteiger partial charge in [-0.2, -0.15) is 4.39 Å². The summed E-state index contributed by atoms with van der Waals surface area (Å²) >= 11 is 0. The smallest absolute Gasteiger partial charge is 0.214 e. The molecular formula is C13H13FN2O. The van der Waals surface area contributed by atoms with Gasteiger partial charge in [-0.1, -0.05) is 0 Å². The van der Waals surface area contributed by atoms with Crippen LogP contribution in [0.5, 0.6) is 0 Å². The summed E-state index contributed by atoms with van der Waals surface area (Å²) in [4.78, 5) is 5.75. The Labute approximate surface area is 98.9 Å². The Kier molecular flexibility index (Phi) is 2.55. The van der Waals surface area contributed by atoms with Gasteiger partial charge in [0, 0.05) is 24.0 Å². The molecule has 0 saturated heterocycles. The predicted octanol–water partition coefficient (Wildman–Crippen LogP) is 2.98. The Morgan fingerprint density at radius 1 is 1.41 bits per heavy atom. The van der Waals surface area contributed by atoms with Crippen molar-refractivity contribution in [2.75, 3.05) is 4.90 Å². The normalized spacial score (nSPS) is 14.9. The van der Waals surface area contributed by atoms with Crippen LogP contribution in [0.4, 0.5) is 10.1 Å². The molecule has 17 heavy (non-hydrogen) atoms. The minimum atomic E-state index is -0.437. The van der Waals surface area contributed by atoms with Gasteiger partial charge in [-0.25, -0.2) is 4.98 Å². The van der Waals surface area contributed by atoms with Crippen molar-refractivity contribution in [1.82, 2.24) is 4.98 Å². The zero-order valence-electron chi connectivity index (χ0n) is 9.34. The molecule has 2 aromatic heterocycles. The Hall–Kier alpha value is -1.84. The highest BCUT2D eigenvalue weighted by atomic mass is 19.1. The number of pyridine rings is 1. The first-order valence-corrected chi connectivity index (χ1v) is 5.73. The van der Waals surface area contributed by atoms with Crippen molar-refractivity contribution in [2.45, 2.75) is 25.4 Å². The molecule has 1 aliphatic carbocycles. The molecule has 4 heteroatoms. The van der Waals surface area contributed by atoms with E-state index >= 15 is 0 Å². The van der Waals surface area contributed by atoms with Gasteiger partial charge in [0.2, 0.25) is 5.95 Å². The van der Waals surface area contributed by atoms with Gasteiger partial charge in [-0.05, 0) is 31.0 Å². The third-order valence-electron chi connectivity index (χ3n) is 2.94. The predicted molar refractivity (Wildman–Crippen MR) is 62.1 cm³/mol. The highest BCUT2D eigenvalue weighted by Crippen LogP contribution is 2.33. The average Bonchev–Trinajstić information content (AvgIpc) is 3.03. The molecule has 0 aliphatic heterocycles. The highest BCUT2D eigenvalue weighted by Gasteiger charge is 2.30. The minimum Gasteiger partial charge on any atom is -0.467 e. The summed E-state index contributed by atoms with van der Waals surface area (Å²) in [5.74, 6) is 0.460. The van der Waals surface area contributed by atoms with Crippen LogP contribution in [0.1, 0.15) is 18.6 Å². The molecule has 1 fully saturated rings. The zero-order valence-corrected chi connectivity index (χ0v) is 9.34. The minimum absolute atomic E-state index is 0.437. The van der Waals surface area contributed by atoms with Gasteiger partial charge < -0.3 is 9.32 Å². The third kappa shape index (κ3) is 2.30. The van der Waals surface area contributed by atoms with Gasteiger partial charge in [-0.3, -0.25) is 0 Å². The maximum atomic E-state index is 13.1. The number of aromatic nitrogens is 1. The Morgan fingerprint density at radius 2 is 2.29 bits per heavy atom. The number of rotatable bonds is 4. The molecule has 3 nitrogen and oxygen atoms in total. The van der Waals surface area contributed by atoms with Gasteiger partial charge in [0.1, 0.15) is 5.76 Å². The summed E-state index contributed by atoms with van der Waals surface area (Å²) in [5, 5.41) is 0. The fraction of sp³-hybridized carbons (Fsp3) is 0.308. The first kappa shape index (κ1) is 10.3. The van der Waals surface area contributed by atoms with E-state index in [-0.39, 0.29) is 0 Å². The molecule has 88 valence electrons. The number of hydrogen-bond donors (Lipinski definition) is 0. The summed E-state index contributed by atoms with van der Waals surface area (Å²) in [6.07, 6.45) is 5.48. The molecule has 0 radical (unpaired) electrons. The van der Waals surface area contributed by atoms with Crippen molar-refractivity contribution < 1.29 is 8.81 Å². The molecule has 1 aliphatic rings. The van der Waals surface area contributed by atoms with E-state index in [1.807, 2.05) is 18.2 Å². The Bertz CT molecular complexity index is 494. The Morgan fingerprint density at radius 3 is 2.94 bits per heavy atom. The monoisotopic (exact) mass is 232 g/mol. The summed E-state index contributed by atoms with van der Waals surface area (Å²) in [6, 6.07) is 7.62. The van der Waals surface area contributed by atoms with Crippen LogP contribution in [-0.2, 0) is 6.54 Å². The third-order valence-corrected chi connectivity index (χ3v) is 2.94. The molecule has 2 aromatic rings. The highest BCUT2D eigenvalue weighted by molar-refractivity contribution is 5.47. The molecule has 3 rings (SSSR count). The molecule has 0 N–H and O–H groups in total. The summed E-state index contributed by atoms with van der Waals surface area (Å²) in [5.41, 5.74) is 0.872. The summed E-state index contributed by atoms with van der Waals surface area (Å²) < 4.78 is 18.5. The molecule has 0 atom stereocenters. The average molecular weight is 232 g/mol. The van der Waals surface area contributed by atoms with E-state index in [4.69, 9.17) is 4.42 Å². The van der Waals surface area contributed by atoms with E-state index in [9.17, 15) is 4.39 Å². The second-order valence-corrected chi connectivity index (χ2v) is 4.28. The molecule has 0 amide bonds. The van der Waals surface area contributed by atoms with Gasteiger partial charge in [0.05, 0.1) is 12.8 Å². The number of furan rings is 1. The molecule has 0 unspecified atom stereocenters. The van der Waals surface area contributed by atoms with Crippen molar-refractivity contribution in [1.29, 1.82) is 0 Å². The van der Waals surface area contributed by atoms with Crippen molar-refractivity contribution in [3.8, 4) is 0 Å². The van der Waals surface area contributed by atoms with Gasteiger partial charge >= 0.3 is 0 Å². The van der Waals surface area contributed by atoms with Crippen LogP contribution in [-0.4, -0.2) is 11.0 Å². The van der Waals surface area contributed by atoms with Crippen LogP contribution >= 0.6 is 0 Å². The van der Waals surface area contributed by atoms with Crippen molar-refractivity contribution >= 4 is 5.69 Å².